The number of hydrogen-bond donors (Lipinski definition) is 1. The first-order chi connectivity index (χ1) is 11.8. The highest BCUT2D eigenvalue weighted by atomic mass is 16.2. The minimum absolute atomic E-state index is 0.125. The third kappa shape index (κ3) is 3.90. The van der Waals surface area contributed by atoms with Gasteiger partial charge in [0.1, 0.15) is 12.4 Å². The van der Waals surface area contributed by atoms with Crippen molar-refractivity contribution in [1.29, 1.82) is 0 Å². The molecule has 0 aliphatic rings. The van der Waals surface area contributed by atoms with Crippen LogP contribution in [0.3, 0.4) is 0 Å². The molecule has 0 radical (unpaired) electrons. The van der Waals surface area contributed by atoms with E-state index in [1.54, 1.807) is 34.0 Å². The number of aryl methyl sites for hydroxylation is 1. The van der Waals surface area contributed by atoms with Gasteiger partial charge in [0.15, 0.2) is 0 Å². The first-order valence-corrected chi connectivity index (χ1v) is 8.00. The van der Waals surface area contributed by atoms with Crippen molar-refractivity contribution in [2.45, 2.75) is 39.7 Å². The van der Waals surface area contributed by atoms with E-state index in [0.29, 0.717) is 11.8 Å². The lowest BCUT2D eigenvalue weighted by Gasteiger charge is -2.13. The molecule has 3 aromatic heterocycles. The van der Waals surface area contributed by atoms with Crippen molar-refractivity contribution in [2.75, 3.05) is 5.32 Å². The standard InChI is InChI=1S/C17H21N7O/c1-12-9-20-23(10-12)11-15(25)21-14-8-13(17(2,3)4)22-24(14)16-18-6-5-7-19-16/h5-10H,11H2,1-4H3,(H,21,25). The monoisotopic (exact) mass is 339 g/mol. The molecule has 130 valence electrons. The summed E-state index contributed by atoms with van der Waals surface area (Å²) in [5, 5.41) is 11.6. The molecule has 0 saturated heterocycles. The van der Waals surface area contributed by atoms with Crippen LogP contribution in [0.15, 0.2) is 36.9 Å². The Balaban J connectivity index is 1.88. The van der Waals surface area contributed by atoms with Gasteiger partial charge in [-0.05, 0) is 18.6 Å². The van der Waals surface area contributed by atoms with Crippen LogP contribution in [0.1, 0.15) is 32.0 Å². The number of carbonyl (C=O) groups is 1. The van der Waals surface area contributed by atoms with E-state index >= 15 is 0 Å². The van der Waals surface area contributed by atoms with Crippen molar-refractivity contribution >= 4 is 11.7 Å². The van der Waals surface area contributed by atoms with E-state index in [-0.39, 0.29) is 17.9 Å². The number of hydrogen-bond acceptors (Lipinski definition) is 5. The van der Waals surface area contributed by atoms with Crippen molar-refractivity contribution in [3.8, 4) is 5.95 Å². The maximum atomic E-state index is 12.4. The molecule has 1 N–H and O–H groups in total. The van der Waals surface area contributed by atoms with Crippen LogP contribution < -0.4 is 5.32 Å². The summed E-state index contributed by atoms with van der Waals surface area (Å²) in [4.78, 5) is 20.8. The Hall–Kier alpha value is -3.03. The van der Waals surface area contributed by atoms with Gasteiger partial charge < -0.3 is 5.32 Å². The lowest BCUT2D eigenvalue weighted by Crippen LogP contribution is -2.21. The van der Waals surface area contributed by atoms with Crippen molar-refractivity contribution in [2.24, 2.45) is 0 Å². The molecule has 0 aliphatic carbocycles. The molecular formula is C17H21N7O. The molecule has 0 saturated carbocycles. The lowest BCUT2D eigenvalue weighted by molar-refractivity contribution is -0.116. The quantitative estimate of drug-likeness (QED) is 0.786. The van der Waals surface area contributed by atoms with E-state index in [2.05, 4.69) is 46.3 Å². The molecule has 8 nitrogen and oxygen atoms in total. The van der Waals surface area contributed by atoms with Crippen molar-refractivity contribution in [1.82, 2.24) is 29.5 Å². The van der Waals surface area contributed by atoms with Crippen LogP contribution in [0.4, 0.5) is 5.82 Å². The number of aromatic nitrogens is 6. The fourth-order valence-corrected chi connectivity index (χ4v) is 2.27. The number of amides is 1. The van der Waals surface area contributed by atoms with E-state index in [9.17, 15) is 4.79 Å². The van der Waals surface area contributed by atoms with Gasteiger partial charge in [-0.15, -0.1) is 0 Å². The van der Waals surface area contributed by atoms with Gasteiger partial charge in [-0.3, -0.25) is 9.48 Å². The van der Waals surface area contributed by atoms with Gasteiger partial charge in [0.2, 0.25) is 5.91 Å². The van der Waals surface area contributed by atoms with E-state index < -0.39 is 0 Å². The third-order valence-corrected chi connectivity index (χ3v) is 3.55. The second-order valence-electron chi connectivity index (χ2n) is 6.89. The maximum Gasteiger partial charge on any atom is 0.252 e. The summed E-state index contributed by atoms with van der Waals surface area (Å²) in [6.07, 6.45) is 6.81. The Kier molecular flexibility index (Phi) is 4.35. The molecule has 3 heterocycles. The van der Waals surface area contributed by atoms with E-state index in [1.165, 1.54) is 0 Å². The predicted molar refractivity (Wildman–Crippen MR) is 93.4 cm³/mol. The lowest BCUT2D eigenvalue weighted by atomic mass is 9.92. The Bertz CT molecular complexity index is 874. The molecule has 8 heteroatoms. The van der Waals surface area contributed by atoms with Crippen molar-refractivity contribution in [3.63, 3.8) is 0 Å². The SMILES string of the molecule is Cc1cnn(CC(=O)Nc2cc(C(C)(C)C)nn2-c2ncccn2)c1. The Morgan fingerprint density at radius 1 is 1.24 bits per heavy atom. The first kappa shape index (κ1) is 16.8. The Morgan fingerprint density at radius 2 is 1.96 bits per heavy atom. The van der Waals surface area contributed by atoms with Crippen LogP contribution in [0.2, 0.25) is 0 Å². The summed E-state index contributed by atoms with van der Waals surface area (Å²) in [5.74, 6) is 0.744. The fraction of sp³-hybridized carbons (Fsp3) is 0.353. The summed E-state index contributed by atoms with van der Waals surface area (Å²) < 4.78 is 3.14. The average Bonchev–Trinajstić information content (AvgIpc) is 3.14. The number of nitrogens with one attached hydrogen (secondary N) is 1. The van der Waals surface area contributed by atoms with Crippen molar-refractivity contribution < 1.29 is 4.79 Å². The third-order valence-electron chi connectivity index (χ3n) is 3.55. The molecular weight excluding hydrogens is 318 g/mol. The highest BCUT2D eigenvalue weighted by Crippen LogP contribution is 2.25. The number of anilines is 1. The van der Waals surface area contributed by atoms with Crippen LogP contribution in [0, 0.1) is 6.92 Å². The Morgan fingerprint density at radius 3 is 2.56 bits per heavy atom. The maximum absolute atomic E-state index is 12.4. The van der Waals surface area contributed by atoms with Crippen LogP contribution in [-0.4, -0.2) is 35.4 Å². The largest absolute Gasteiger partial charge is 0.309 e. The number of rotatable bonds is 4. The zero-order valence-corrected chi connectivity index (χ0v) is 14.8. The average molecular weight is 339 g/mol. The number of nitrogens with zero attached hydrogens (tertiary/aromatic N) is 6. The van der Waals surface area contributed by atoms with Crippen LogP contribution in [-0.2, 0) is 16.8 Å². The van der Waals surface area contributed by atoms with E-state index in [1.807, 2.05) is 19.2 Å². The molecule has 0 aromatic carbocycles. The summed E-state index contributed by atoms with van der Waals surface area (Å²) >= 11 is 0. The van der Waals surface area contributed by atoms with Gasteiger partial charge in [0.25, 0.3) is 5.95 Å². The normalized spacial score (nSPS) is 11.5. The molecule has 0 unspecified atom stereocenters. The highest BCUT2D eigenvalue weighted by molar-refractivity contribution is 5.90. The van der Waals surface area contributed by atoms with Gasteiger partial charge in [0.05, 0.1) is 11.9 Å². The molecule has 3 aromatic rings. The van der Waals surface area contributed by atoms with E-state index in [4.69, 9.17) is 0 Å². The molecule has 25 heavy (non-hydrogen) atoms. The Labute approximate surface area is 145 Å². The van der Waals surface area contributed by atoms with Gasteiger partial charge in [-0.1, -0.05) is 20.8 Å². The number of carbonyl (C=O) groups excluding carboxylic acids is 1. The zero-order valence-electron chi connectivity index (χ0n) is 14.8. The first-order valence-electron chi connectivity index (χ1n) is 8.00. The minimum Gasteiger partial charge on any atom is -0.309 e. The van der Waals surface area contributed by atoms with Gasteiger partial charge >= 0.3 is 0 Å². The fourth-order valence-electron chi connectivity index (χ4n) is 2.27. The van der Waals surface area contributed by atoms with Gasteiger partial charge in [-0.2, -0.15) is 14.9 Å². The second-order valence-corrected chi connectivity index (χ2v) is 6.89. The van der Waals surface area contributed by atoms with Gasteiger partial charge in [-0.25, -0.2) is 9.97 Å². The topological polar surface area (TPSA) is 90.5 Å². The summed E-state index contributed by atoms with van der Waals surface area (Å²) in [5.41, 5.74) is 1.68. The van der Waals surface area contributed by atoms with Crippen LogP contribution in [0.25, 0.3) is 5.95 Å². The van der Waals surface area contributed by atoms with Crippen LogP contribution in [0.5, 0.6) is 0 Å². The molecule has 0 atom stereocenters. The molecule has 0 fully saturated rings. The summed E-state index contributed by atoms with van der Waals surface area (Å²) in [7, 11) is 0. The smallest absolute Gasteiger partial charge is 0.252 e. The molecule has 0 bridgehead atoms. The van der Waals surface area contributed by atoms with E-state index in [0.717, 1.165) is 11.3 Å². The highest BCUT2D eigenvalue weighted by Gasteiger charge is 2.22. The molecule has 3 rings (SSSR count). The van der Waals surface area contributed by atoms with Gasteiger partial charge in [0, 0.05) is 30.1 Å². The summed E-state index contributed by atoms with van der Waals surface area (Å²) in [6.45, 7) is 8.23. The second kappa shape index (κ2) is 6.46. The zero-order chi connectivity index (χ0) is 18.0. The van der Waals surface area contributed by atoms with Crippen LogP contribution >= 0.6 is 0 Å². The molecule has 0 spiro atoms. The minimum atomic E-state index is -0.194. The molecule has 1 amide bonds. The predicted octanol–water partition coefficient (Wildman–Crippen LogP) is 2.10. The molecule has 0 aliphatic heterocycles. The summed E-state index contributed by atoms with van der Waals surface area (Å²) in [6, 6.07) is 3.58. The van der Waals surface area contributed by atoms with Crippen molar-refractivity contribution in [3.05, 3.63) is 48.2 Å².